The summed E-state index contributed by atoms with van der Waals surface area (Å²) < 4.78 is 11.6. The molecule has 0 amide bonds. The molecule has 0 aliphatic heterocycles. The Labute approximate surface area is 188 Å². The Kier molecular flexibility index (Phi) is 10.1. The molecule has 1 aromatic carbocycles. The number of esters is 1. The van der Waals surface area contributed by atoms with Crippen LogP contribution in [0, 0.1) is 12.8 Å². The molecule has 0 spiro atoms. The van der Waals surface area contributed by atoms with Crippen molar-refractivity contribution in [2.45, 2.75) is 58.5 Å². The molecule has 2 aromatic rings. The molecule has 2 N–H and O–H groups in total. The second-order valence-electron chi connectivity index (χ2n) is 7.80. The summed E-state index contributed by atoms with van der Waals surface area (Å²) in [4.78, 5) is 24.9. The molecule has 0 saturated heterocycles. The van der Waals surface area contributed by atoms with E-state index in [1.165, 1.54) is 30.6 Å². The molecule has 1 aromatic heterocycles. The third-order valence-electron chi connectivity index (χ3n) is 5.25. The first-order valence-electron chi connectivity index (χ1n) is 10.5. The van der Waals surface area contributed by atoms with Crippen molar-refractivity contribution in [2.75, 3.05) is 19.4 Å². The number of nitrogens with two attached hydrogens (primary N) is 1. The topological polar surface area (TPSA) is 78.6 Å². The number of fused-ring (bicyclic) bond motifs is 1. The van der Waals surface area contributed by atoms with Crippen molar-refractivity contribution in [1.29, 1.82) is 0 Å². The van der Waals surface area contributed by atoms with Crippen LogP contribution in [0.4, 0.5) is 0 Å². The first kappa shape index (κ1) is 24.7. The third-order valence-corrected chi connectivity index (χ3v) is 6.80. The molecule has 1 aliphatic carbocycles. The number of ether oxygens (including phenoxy) is 2. The van der Waals surface area contributed by atoms with Crippen LogP contribution in [-0.2, 0) is 9.53 Å². The molecule has 7 heteroatoms. The van der Waals surface area contributed by atoms with Gasteiger partial charge in [0.25, 0.3) is 0 Å². The molecule has 1 atom stereocenters. The summed E-state index contributed by atoms with van der Waals surface area (Å²) in [6.07, 6.45) is 4.92. The van der Waals surface area contributed by atoms with Gasteiger partial charge in [-0.15, -0.1) is 11.3 Å². The number of hydrogen-bond donors (Lipinski definition) is 2. The standard InChI is InChI=1S/C18H23NO4S2.C5H10/c1-11-7-16-12(8-15(11)22-2)9-17(25-16)14(20)3-4-18(21)23-13(10-24)5-6-19;1-5-3-2-4-5/h7-9,13,24H,3-6,10,19H2,1-2H3;5H,2-4H2,1H3. The summed E-state index contributed by atoms with van der Waals surface area (Å²) in [6.45, 7) is 4.71. The lowest BCUT2D eigenvalue weighted by atomic mass is 9.88. The normalized spacial score (nSPS) is 14.4. The number of carbonyl (C=O) groups excluding carboxylic acids is 2. The molecule has 5 nitrogen and oxygen atoms in total. The van der Waals surface area contributed by atoms with E-state index < -0.39 is 0 Å². The number of ketones is 1. The van der Waals surface area contributed by atoms with Crippen LogP contribution in [0.25, 0.3) is 10.1 Å². The molecule has 30 heavy (non-hydrogen) atoms. The highest BCUT2D eigenvalue weighted by molar-refractivity contribution is 7.80. The van der Waals surface area contributed by atoms with Crippen molar-refractivity contribution >= 4 is 45.8 Å². The van der Waals surface area contributed by atoms with Crippen LogP contribution in [0.3, 0.4) is 0 Å². The van der Waals surface area contributed by atoms with Crippen LogP contribution in [0.2, 0.25) is 0 Å². The molecule has 1 fully saturated rings. The lowest BCUT2D eigenvalue weighted by Crippen LogP contribution is -2.23. The fraction of sp³-hybridized carbons (Fsp3) is 0.565. The summed E-state index contributed by atoms with van der Waals surface area (Å²) in [5.41, 5.74) is 6.49. The number of hydrogen-bond acceptors (Lipinski definition) is 7. The van der Waals surface area contributed by atoms with Crippen LogP contribution < -0.4 is 10.5 Å². The Hall–Kier alpha value is -1.57. The summed E-state index contributed by atoms with van der Waals surface area (Å²) in [7, 11) is 1.63. The second-order valence-corrected chi connectivity index (χ2v) is 9.25. The van der Waals surface area contributed by atoms with Crippen LogP contribution in [0.15, 0.2) is 18.2 Å². The van der Waals surface area contributed by atoms with Gasteiger partial charge in [-0.3, -0.25) is 9.59 Å². The van der Waals surface area contributed by atoms with Crippen molar-refractivity contribution < 1.29 is 19.1 Å². The minimum Gasteiger partial charge on any atom is -0.496 e. The fourth-order valence-corrected chi connectivity index (χ4v) is 4.46. The highest BCUT2D eigenvalue weighted by atomic mass is 32.1. The average molecular weight is 452 g/mol. The maximum Gasteiger partial charge on any atom is 0.306 e. The van der Waals surface area contributed by atoms with E-state index in [1.54, 1.807) is 7.11 Å². The van der Waals surface area contributed by atoms with E-state index in [-0.39, 0.29) is 30.7 Å². The zero-order valence-corrected chi connectivity index (χ0v) is 19.8. The Balaban J connectivity index is 0.000000558. The van der Waals surface area contributed by atoms with E-state index in [2.05, 4.69) is 19.6 Å². The van der Waals surface area contributed by atoms with E-state index >= 15 is 0 Å². The van der Waals surface area contributed by atoms with Gasteiger partial charge in [0.1, 0.15) is 11.9 Å². The number of thiol groups is 1. The number of Topliss-reactive ketones (excluding diaryl/α,β-unsaturated/α-hetero) is 1. The average Bonchev–Trinajstić information content (AvgIpc) is 3.12. The van der Waals surface area contributed by atoms with Gasteiger partial charge in [-0.25, -0.2) is 0 Å². The first-order chi connectivity index (χ1) is 14.4. The number of rotatable bonds is 9. The van der Waals surface area contributed by atoms with Gasteiger partial charge >= 0.3 is 5.97 Å². The Morgan fingerprint density at radius 1 is 1.27 bits per heavy atom. The van der Waals surface area contributed by atoms with E-state index in [1.807, 2.05) is 25.1 Å². The number of carbonyl (C=O) groups is 2. The van der Waals surface area contributed by atoms with Crippen molar-refractivity contribution in [3.05, 3.63) is 28.6 Å². The molecule has 1 unspecified atom stereocenters. The zero-order chi connectivity index (χ0) is 22.1. The molecule has 3 rings (SSSR count). The predicted octanol–water partition coefficient (Wildman–Crippen LogP) is 5.18. The van der Waals surface area contributed by atoms with E-state index in [4.69, 9.17) is 15.2 Å². The van der Waals surface area contributed by atoms with Gasteiger partial charge in [-0.05, 0) is 55.0 Å². The highest BCUT2D eigenvalue weighted by Gasteiger charge is 2.17. The largest absolute Gasteiger partial charge is 0.496 e. The summed E-state index contributed by atoms with van der Waals surface area (Å²) in [5.74, 6) is 1.84. The van der Waals surface area contributed by atoms with Crippen LogP contribution in [0.5, 0.6) is 5.75 Å². The fourth-order valence-electron chi connectivity index (χ4n) is 3.09. The highest BCUT2D eigenvalue weighted by Crippen LogP contribution is 2.32. The Morgan fingerprint density at radius 2 is 1.97 bits per heavy atom. The zero-order valence-electron chi connectivity index (χ0n) is 18.1. The van der Waals surface area contributed by atoms with Gasteiger partial charge in [0.2, 0.25) is 0 Å². The quantitative estimate of drug-likeness (QED) is 0.312. The minimum absolute atomic E-state index is 0.0592. The minimum atomic E-state index is -0.389. The smallest absolute Gasteiger partial charge is 0.306 e. The Bertz CT molecular complexity index is 845. The molecular formula is C23H33NO4S2. The van der Waals surface area contributed by atoms with Gasteiger partial charge in [0, 0.05) is 16.9 Å². The van der Waals surface area contributed by atoms with Gasteiger partial charge in [0.05, 0.1) is 18.4 Å². The molecule has 166 valence electrons. The summed E-state index contributed by atoms with van der Waals surface area (Å²) in [5, 5.41) is 0.969. The summed E-state index contributed by atoms with van der Waals surface area (Å²) in [6, 6.07) is 5.78. The van der Waals surface area contributed by atoms with Crippen molar-refractivity contribution in [3.8, 4) is 5.75 Å². The molecule has 1 aliphatic rings. The van der Waals surface area contributed by atoms with Gasteiger partial charge in [0.15, 0.2) is 5.78 Å². The summed E-state index contributed by atoms with van der Waals surface area (Å²) >= 11 is 5.57. The van der Waals surface area contributed by atoms with Crippen molar-refractivity contribution in [3.63, 3.8) is 0 Å². The Morgan fingerprint density at radius 3 is 2.50 bits per heavy atom. The van der Waals surface area contributed by atoms with Crippen molar-refractivity contribution in [1.82, 2.24) is 0 Å². The van der Waals surface area contributed by atoms with E-state index in [0.717, 1.165) is 27.3 Å². The molecule has 1 saturated carbocycles. The van der Waals surface area contributed by atoms with E-state index in [9.17, 15) is 9.59 Å². The van der Waals surface area contributed by atoms with Crippen molar-refractivity contribution in [2.24, 2.45) is 11.7 Å². The number of methoxy groups -OCH3 is 1. The predicted molar refractivity (Wildman–Crippen MR) is 127 cm³/mol. The molecule has 0 radical (unpaired) electrons. The van der Waals surface area contributed by atoms with Gasteiger partial charge in [-0.1, -0.05) is 26.2 Å². The second kappa shape index (κ2) is 12.3. The maximum atomic E-state index is 12.4. The van der Waals surface area contributed by atoms with Crippen LogP contribution in [-0.4, -0.2) is 37.3 Å². The number of aryl methyl sites for hydroxylation is 1. The molecule has 0 bridgehead atoms. The third kappa shape index (κ3) is 7.29. The van der Waals surface area contributed by atoms with Gasteiger partial charge < -0.3 is 15.2 Å². The van der Waals surface area contributed by atoms with Gasteiger partial charge in [-0.2, -0.15) is 12.6 Å². The monoisotopic (exact) mass is 451 g/mol. The maximum absolute atomic E-state index is 12.4. The number of thiophene rings is 1. The van der Waals surface area contributed by atoms with Crippen LogP contribution in [0.1, 0.15) is 60.7 Å². The van der Waals surface area contributed by atoms with Crippen LogP contribution >= 0.6 is 24.0 Å². The number of benzene rings is 1. The SMILES string of the molecule is CC1CCC1.COc1cc2cc(C(=O)CCC(=O)OC(CS)CCN)sc2cc1C. The molecular weight excluding hydrogens is 418 g/mol. The first-order valence-corrected chi connectivity index (χ1v) is 11.9. The lowest BCUT2D eigenvalue weighted by molar-refractivity contribution is -0.148. The molecule has 1 heterocycles. The lowest BCUT2D eigenvalue weighted by Gasteiger charge is -2.18. The van der Waals surface area contributed by atoms with E-state index in [0.29, 0.717) is 23.6 Å².